The van der Waals surface area contributed by atoms with Gasteiger partial charge in [0.05, 0.1) is 11.1 Å². The van der Waals surface area contributed by atoms with Crippen LogP contribution in [0, 0.1) is 5.92 Å². The van der Waals surface area contributed by atoms with Crippen LogP contribution in [0.15, 0.2) is 53.7 Å². The highest BCUT2D eigenvalue weighted by Crippen LogP contribution is 2.62. The molecular formula is C24H24N6O2. The lowest BCUT2D eigenvalue weighted by atomic mass is 9.86. The van der Waals surface area contributed by atoms with Crippen molar-refractivity contribution < 1.29 is 4.79 Å². The number of benzene rings is 1. The van der Waals surface area contributed by atoms with Crippen LogP contribution in [-0.4, -0.2) is 42.0 Å². The normalized spacial score (nSPS) is 20.5. The van der Waals surface area contributed by atoms with E-state index >= 15 is 0 Å². The van der Waals surface area contributed by atoms with Gasteiger partial charge < -0.3 is 20.5 Å². The van der Waals surface area contributed by atoms with Crippen molar-refractivity contribution in [3.8, 4) is 0 Å². The fraction of sp³-hybridized carbons (Fsp3) is 0.250. The zero-order valence-corrected chi connectivity index (χ0v) is 18.1. The Bertz CT molecular complexity index is 1280. The Hall–Kier alpha value is -3.94. The molecule has 0 radical (unpaired) electrons. The fourth-order valence-corrected chi connectivity index (χ4v) is 4.55. The van der Waals surface area contributed by atoms with E-state index in [9.17, 15) is 9.59 Å². The van der Waals surface area contributed by atoms with E-state index in [2.05, 4.69) is 31.7 Å². The standard InChI is InChI=1S/C24H24N6O2/c1-25-21(31)14-4-6-17(7-5-14)29-24-11-19(24)18(10-15-8-9-26-22(32)20(15)24)16-12-27-23(28-13-16)30(2)3/h4-10,12-13,19,29H,11H2,1-3H3,(H,25,31)(H,26,32). The number of nitrogens with zero attached hydrogens (tertiary/aromatic N) is 3. The average molecular weight is 428 g/mol. The minimum atomic E-state index is -0.511. The monoisotopic (exact) mass is 428 g/mol. The summed E-state index contributed by atoms with van der Waals surface area (Å²) in [5.74, 6) is 0.633. The first-order valence-electron chi connectivity index (χ1n) is 10.5. The Kier molecular flexibility index (Phi) is 4.58. The third-order valence-electron chi connectivity index (χ3n) is 6.20. The molecule has 2 aromatic heterocycles. The maximum atomic E-state index is 12.8. The lowest BCUT2D eigenvalue weighted by Crippen LogP contribution is -2.32. The summed E-state index contributed by atoms with van der Waals surface area (Å²) in [6.45, 7) is 0. The zero-order valence-electron chi connectivity index (χ0n) is 18.1. The van der Waals surface area contributed by atoms with Crippen LogP contribution in [0.2, 0.25) is 0 Å². The predicted molar refractivity (Wildman–Crippen MR) is 125 cm³/mol. The Morgan fingerprint density at radius 3 is 2.53 bits per heavy atom. The van der Waals surface area contributed by atoms with E-state index in [1.54, 1.807) is 25.4 Å². The maximum absolute atomic E-state index is 12.8. The van der Waals surface area contributed by atoms with E-state index in [1.165, 1.54) is 0 Å². The summed E-state index contributed by atoms with van der Waals surface area (Å²) in [5, 5.41) is 6.23. The third-order valence-corrected chi connectivity index (χ3v) is 6.20. The van der Waals surface area contributed by atoms with Crippen LogP contribution < -0.4 is 21.1 Å². The second kappa shape index (κ2) is 7.33. The smallest absolute Gasteiger partial charge is 0.254 e. The SMILES string of the molecule is CNC(=O)c1ccc(NC23CC2C(c2cnc(N(C)C)nc2)=Cc2cc[nH]c(=O)c23)cc1. The number of hydrogen-bond acceptors (Lipinski definition) is 6. The van der Waals surface area contributed by atoms with E-state index in [0.717, 1.165) is 34.4 Å². The van der Waals surface area contributed by atoms with Gasteiger partial charge in [-0.1, -0.05) is 6.08 Å². The molecule has 0 spiro atoms. The highest BCUT2D eigenvalue weighted by molar-refractivity contribution is 5.94. The molecule has 1 aromatic carbocycles. The van der Waals surface area contributed by atoms with Gasteiger partial charge in [-0.3, -0.25) is 9.59 Å². The molecule has 0 bridgehead atoms. The number of aromatic amines is 1. The molecule has 1 fully saturated rings. The number of aromatic nitrogens is 3. The van der Waals surface area contributed by atoms with Crippen molar-refractivity contribution in [1.29, 1.82) is 0 Å². The molecule has 0 saturated heterocycles. The summed E-state index contributed by atoms with van der Waals surface area (Å²) in [7, 11) is 5.42. The number of anilines is 2. The second-order valence-electron chi connectivity index (χ2n) is 8.41. The van der Waals surface area contributed by atoms with E-state index in [4.69, 9.17) is 0 Å². The largest absolute Gasteiger partial charge is 0.375 e. The average Bonchev–Trinajstić information content (AvgIpc) is 3.53. The first kappa shape index (κ1) is 20.0. The van der Waals surface area contributed by atoms with Crippen molar-refractivity contribution >= 4 is 29.2 Å². The molecule has 2 aliphatic rings. The number of carbonyl (C=O) groups excluding carboxylic acids is 1. The van der Waals surface area contributed by atoms with Crippen molar-refractivity contribution in [2.24, 2.45) is 5.92 Å². The van der Waals surface area contributed by atoms with Gasteiger partial charge in [-0.15, -0.1) is 0 Å². The zero-order chi connectivity index (χ0) is 22.5. The number of H-pyrrole nitrogens is 1. The first-order chi connectivity index (χ1) is 15.4. The van der Waals surface area contributed by atoms with Crippen LogP contribution >= 0.6 is 0 Å². The number of rotatable bonds is 5. The van der Waals surface area contributed by atoms with Crippen molar-refractivity contribution in [2.75, 3.05) is 31.4 Å². The van der Waals surface area contributed by atoms with Crippen LogP contribution in [0.5, 0.6) is 0 Å². The molecule has 2 atom stereocenters. The van der Waals surface area contributed by atoms with E-state index in [-0.39, 0.29) is 17.4 Å². The molecule has 8 nitrogen and oxygen atoms in total. The molecular weight excluding hydrogens is 404 g/mol. The second-order valence-corrected chi connectivity index (χ2v) is 8.41. The first-order valence-corrected chi connectivity index (χ1v) is 10.5. The highest BCUT2D eigenvalue weighted by atomic mass is 16.1. The molecule has 0 aliphatic heterocycles. The molecule has 1 amide bonds. The Morgan fingerprint density at radius 1 is 1.16 bits per heavy atom. The summed E-state index contributed by atoms with van der Waals surface area (Å²) >= 11 is 0. The molecule has 3 N–H and O–H groups in total. The fourth-order valence-electron chi connectivity index (χ4n) is 4.55. The Labute approximate surface area is 185 Å². The van der Waals surface area contributed by atoms with Gasteiger partial charge in [0, 0.05) is 62.5 Å². The quantitative estimate of drug-likeness (QED) is 0.577. The molecule has 8 heteroatoms. The molecule has 32 heavy (non-hydrogen) atoms. The van der Waals surface area contributed by atoms with Crippen LogP contribution in [0.1, 0.15) is 33.5 Å². The van der Waals surface area contributed by atoms with Crippen LogP contribution in [0.25, 0.3) is 11.6 Å². The number of nitrogens with one attached hydrogen (secondary N) is 3. The van der Waals surface area contributed by atoms with Gasteiger partial charge >= 0.3 is 0 Å². The van der Waals surface area contributed by atoms with Gasteiger partial charge in [0.15, 0.2) is 0 Å². The van der Waals surface area contributed by atoms with E-state index in [0.29, 0.717) is 11.5 Å². The van der Waals surface area contributed by atoms with Gasteiger partial charge in [-0.05, 0) is 47.9 Å². The van der Waals surface area contributed by atoms with Gasteiger partial charge in [0.1, 0.15) is 0 Å². The molecule has 162 valence electrons. The van der Waals surface area contributed by atoms with Crippen molar-refractivity contribution in [2.45, 2.75) is 12.0 Å². The van der Waals surface area contributed by atoms with E-state index < -0.39 is 5.54 Å². The van der Waals surface area contributed by atoms with Crippen LogP contribution in [0.4, 0.5) is 11.6 Å². The van der Waals surface area contributed by atoms with E-state index in [1.807, 2.05) is 49.6 Å². The van der Waals surface area contributed by atoms with Crippen LogP contribution in [0.3, 0.4) is 0 Å². The van der Waals surface area contributed by atoms with Gasteiger partial charge in [0.2, 0.25) is 5.95 Å². The third kappa shape index (κ3) is 3.15. The number of carbonyl (C=O) groups is 1. The lowest BCUT2D eigenvalue weighted by Gasteiger charge is -2.27. The topological polar surface area (TPSA) is 103 Å². The lowest BCUT2D eigenvalue weighted by molar-refractivity contribution is 0.0963. The Balaban J connectivity index is 1.53. The minimum Gasteiger partial charge on any atom is -0.375 e. The summed E-state index contributed by atoms with van der Waals surface area (Å²) < 4.78 is 0. The number of hydrogen-bond donors (Lipinski definition) is 3. The highest BCUT2D eigenvalue weighted by Gasteiger charge is 2.61. The van der Waals surface area contributed by atoms with Gasteiger partial charge in [-0.25, -0.2) is 9.97 Å². The molecule has 2 unspecified atom stereocenters. The minimum absolute atomic E-state index is 0.0889. The molecule has 3 aromatic rings. The van der Waals surface area contributed by atoms with Crippen molar-refractivity contribution in [3.63, 3.8) is 0 Å². The summed E-state index contributed by atoms with van der Waals surface area (Å²) in [4.78, 5) is 38.3. The molecule has 2 aliphatic carbocycles. The molecule has 2 heterocycles. The number of pyridine rings is 1. The van der Waals surface area contributed by atoms with Crippen molar-refractivity contribution in [1.82, 2.24) is 20.3 Å². The van der Waals surface area contributed by atoms with Gasteiger partial charge in [-0.2, -0.15) is 0 Å². The summed E-state index contributed by atoms with van der Waals surface area (Å²) in [6, 6.07) is 9.23. The number of fused-ring (bicyclic) bond motifs is 3. The Morgan fingerprint density at radius 2 is 1.88 bits per heavy atom. The maximum Gasteiger partial charge on any atom is 0.254 e. The summed E-state index contributed by atoms with van der Waals surface area (Å²) in [6.07, 6.45) is 8.22. The molecule has 1 saturated carbocycles. The molecule has 5 rings (SSSR count). The predicted octanol–water partition coefficient (Wildman–Crippen LogP) is 2.47. The number of amides is 1. The van der Waals surface area contributed by atoms with Gasteiger partial charge in [0.25, 0.3) is 11.5 Å². The van der Waals surface area contributed by atoms with Crippen molar-refractivity contribution in [3.05, 3.63) is 81.5 Å². The van der Waals surface area contributed by atoms with Crippen LogP contribution in [-0.2, 0) is 5.54 Å². The summed E-state index contributed by atoms with van der Waals surface area (Å²) in [5.41, 5.74) is 4.54.